The molecule has 2 rings (SSSR count). The van der Waals surface area contributed by atoms with Crippen molar-refractivity contribution in [3.8, 4) is 0 Å². The molecule has 0 bridgehead atoms. The molecule has 100 valence electrons. The Bertz CT molecular complexity index is 704. The van der Waals surface area contributed by atoms with E-state index in [2.05, 4.69) is 4.98 Å². The van der Waals surface area contributed by atoms with Gasteiger partial charge in [-0.05, 0) is 24.1 Å². The van der Waals surface area contributed by atoms with Gasteiger partial charge in [0.1, 0.15) is 11.0 Å². The Morgan fingerprint density at radius 3 is 2.47 bits per heavy atom. The second-order valence-corrected chi connectivity index (χ2v) is 4.47. The minimum Gasteiger partial charge on any atom is -0.297 e. The molecule has 0 aliphatic rings. The van der Waals surface area contributed by atoms with Crippen LogP contribution in [0.15, 0.2) is 33.9 Å². The van der Waals surface area contributed by atoms with Crippen molar-refractivity contribution in [2.24, 2.45) is 0 Å². The summed E-state index contributed by atoms with van der Waals surface area (Å²) in [4.78, 5) is 26.3. The van der Waals surface area contributed by atoms with Crippen LogP contribution in [-0.2, 0) is 13.0 Å². The number of rotatable bonds is 3. The zero-order valence-electron chi connectivity index (χ0n) is 10.2. The van der Waals surface area contributed by atoms with E-state index in [4.69, 9.17) is 11.6 Å². The van der Waals surface area contributed by atoms with Crippen molar-refractivity contribution in [2.45, 2.75) is 19.9 Å². The highest BCUT2D eigenvalue weighted by Crippen LogP contribution is 2.07. The maximum atomic E-state index is 12.8. The van der Waals surface area contributed by atoms with Crippen LogP contribution in [-0.4, -0.2) is 9.55 Å². The van der Waals surface area contributed by atoms with Crippen LogP contribution in [0, 0.1) is 5.82 Å². The van der Waals surface area contributed by atoms with E-state index in [9.17, 15) is 14.0 Å². The van der Waals surface area contributed by atoms with Crippen LogP contribution in [0.1, 0.15) is 18.1 Å². The molecule has 4 nitrogen and oxygen atoms in total. The number of halogens is 2. The predicted octanol–water partition coefficient (Wildman–Crippen LogP) is 1.94. The molecule has 1 heterocycles. The Morgan fingerprint density at radius 1 is 1.26 bits per heavy atom. The van der Waals surface area contributed by atoms with E-state index >= 15 is 0 Å². The number of benzene rings is 1. The lowest BCUT2D eigenvalue weighted by atomic mass is 10.2. The number of hydrogen-bond donors (Lipinski definition) is 1. The smallest absolute Gasteiger partial charge is 0.297 e. The van der Waals surface area contributed by atoms with Gasteiger partial charge in [0.2, 0.25) is 0 Å². The summed E-state index contributed by atoms with van der Waals surface area (Å²) < 4.78 is 13.9. The molecule has 19 heavy (non-hydrogen) atoms. The molecular formula is C13H12ClFN2O2. The first kappa shape index (κ1) is 13.5. The van der Waals surface area contributed by atoms with E-state index < -0.39 is 11.2 Å². The molecule has 6 heteroatoms. The Labute approximate surface area is 113 Å². The quantitative estimate of drug-likeness (QED) is 0.875. The van der Waals surface area contributed by atoms with Crippen LogP contribution in [0.3, 0.4) is 0 Å². The molecule has 0 unspecified atom stereocenters. The fraction of sp³-hybridized carbons (Fsp3) is 0.231. The molecule has 0 atom stereocenters. The normalized spacial score (nSPS) is 10.7. The third-order valence-corrected chi connectivity index (χ3v) is 3.16. The Balaban J connectivity index is 2.49. The highest BCUT2D eigenvalue weighted by molar-refractivity contribution is 6.30. The van der Waals surface area contributed by atoms with Crippen LogP contribution in [0.2, 0.25) is 5.15 Å². The van der Waals surface area contributed by atoms with Crippen LogP contribution in [0.25, 0.3) is 0 Å². The molecule has 1 N–H and O–H groups in total. The molecular weight excluding hydrogens is 271 g/mol. The van der Waals surface area contributed by atoms with Gasteiger partial charge in [0.15, 0.2) is 0 Å². The third-order valence-electron chi connectivity index (χ3n) is 2.84. The average Bonchev–Trinajstić information content (AvgIpc) is 2.37. The highest BCUT2D eigenvalue weighted by Gasteiger charge is 2.11. The standard InChI is InChI=1S/C13H12ClFN2O2/c1-2-10-11(14)16-13(19)17(12(10)18)7-8-3-5-9(15)6-4-8/h3-6H,2,7H2,1H3,(H,16,19). The predicted molar refractivity (Wildman–Crippen MR) is 71.2 cm³/mol. The molecule has 0 radical (unpaired) electrons. The van der Waals surface area contributed by atoms with Gasteiger partial charge >= 0.3 is 5.69 Å². The highest BCUT2D eigenvalue weighted by atomic mass is 35.5. The first-order chi connectivity index (χ1) is 9.02. The molecule has 1 aromatic heterocycles. The number of aromatic nitrogens is 2. The van der Waals surface area contributed by atoms with Crippen molar-refractivity contribution < 1.29 is 4.39 Å². The topological polar surface area (TPSA) is 54.9 Å². The summed E-state index contributed by atoms with van der Waals surface area (Å²) >= 11 is 5.81. The number of nitrogens with zero attached hydrogens (tertiary/aromatic N) is 1. The monoisotopic (exact) mass is 282 g/mol. The van der Waals surface area contributed by atoms with Gasteiger partial charge in [-0.2, -0.15) is 0 Å². The molecule has 0 aliphatic carbocycles. The van der Waals surface area contributed by atoms with Gasteiger partial charge in [0.05, 0.1) is 12.1 Å². The van der Waals surface area contributed by atoms with E-state index in [-0.39, 0.29) is 17.5 Å². The lowest BCUT2D eigenvalue weighted by Crippen LogP contribution is -2.37. The second-order valence-electron chi connectivity index (χ2n) is 4.09. The molecule has 1 aromatic carbocycles. The minimum absolute atomic E-state index is 0.0767. The molecule has 0 fully saturated rings. The van der Waals surface area contributed by atoms with Crippen LogP contribution in [0.5, 0.6) is 0 Å². The molecule has 0 aliphatic heterocycles. The van der Waals surface area contributed by atoms with Gasteiger partial charge < -0.3 is 0 Å². The molecule has 0 spiro atoms. The number of hydrogen-bond acceptors (Lipinski definition) is 2. The van der Waals surface area contributed by atoms with Crippen molar-refractivity contribution in [1.29, 1.82) is 0 Å². The van der Waals surface area contributed by atoms with E-state index in [1.165, 1.54) is 24.3 Å². The summed E-state index contributed by atoms with van der Waals surface area (Å²) in [5, 5.41) is 0.0767. The summed E-state index contributed by atoms with van der Waals surface area (Å²) in [5.41, 5.74) is 0.0406. The summed E-state index contributed by atoms with van der Waals surface area (Å²) in [6.07, 6.45) is 0.428. The third kappa shape index (κ3) is 2.76. The van der Waals surface area contributed by atoms with Crippen molar-refractivity contribution in [1.82, 2.24) is 9.55 Å². The second kappa shape index (κ2) is 5.40. The molecule has 0 saturated heterocycles. The van der Waals surface area contributed by atoms with E-state index in [1.54, 1.807) is 6.92 Å². The van der Waals surface area contributed by atoms with Gasteiger partial charge in [-0.25, -0.2) is 9.18 Å². The zero-order valence-corrected chi connectivity index (χ0v) is 11.0. The van der Waals surface area contributed by atoms with Crippen molar-refractivity contribution in [3.05, 3.63) is 67.2 Å². The van der Waals surface area contributed by atoms with Gasteiger partial charge in [0.25, 0.3) is 5.56 Å². The Hall–Kier alpha value is -1.88. The largest absolute Gasteiger partial charge is 0.329 e. The Morgan fingerprint density at radius 2 is 1.89 bits per heavy atom. The fourth-order valence-electron chi connectivity index (χ4n) is 1.81. The maximum Gasteiger partial charge on any atom is 0.329 e. The lowest BCUT2D eigenvalue weighted by Gasteiger charge is -2.08. The fourth-order valence-corrected chi connectivity index (χ4v) is 2.10. The molecule has 0 saturated carbocycles. The summed E-state index contributed by atoms with van der Waals surface area (Å²) in [5.74, 6) is -0.365. The first-order valence-corrected chi connectivity index (χ1v) is 6.16. The van der Waals surface area contributed by atoms with Gasteiger partial charge in [-0.15, -0.1) is 0 Å². The average molecular weight is 283 g/mol. The summed E-state index contributed by atoms with van der Waals surface area (Å²) in [7, 11) is 0. The molecule has 2 aromatic rings. The minimum atomic E-state index is -0.573. The van der Waals surface area contributed by atoms with Gasteiger partial charge in [-0.1, -0.05) is 30.7 Å². The summed E-state index contributed by atoms with van der Waals surface area (Å²) in [6.45, 7) is 1.86. The van der Waals surface area contributed by atoms with Crippen molar-refractivity contribution in [3.63, 3.8) is 0 Å². The van der Waals surface area contributed by atoms with E-state index in [0.29, 0.717) is 17.5 Å². The number of nitrogens with one attached hydrogen (secondary N) is 1. The van der Waals surface area contributed by atoms with E-state index in [1.807, 2.05) is 0 Å². The van der Waals surface area contributed by atoms with Gasteiger partial charge in [-0.3, -0.25) is 14.3 Å². The number of aromatic amines is 1. The first-order valence-electron chi connectivity index (χ1n) is 5.79. The SMILES string of the molecule is CCc1c(Cl)[nH]c(=O)n(Cc2ccc(F)cc2)c1=O. The summed E-state index contributed by atoms with van der Waals surface area (Å²) in [6, 6.07) is 5.62. The Kier molecular flexibility index (Phi) is 3.85. The maximum absolute atomic E-state index is 12.8. The molecule has 0 amide bonds. The van der Waals surface area contributed by atoms with Crippen LogP contribution in [0.4, 0.5) is 4.39 Å². The lowest BCUT2D eigenvalue weighted by molar-refractivity contribution is 0.624. The van der Waals surface area contributed by atoms with Gasteiger partial charge in [0, 0.05) is 0 Å². The number of H-pyrrole nitrogens is 1. The zero-order chi connectivity index (χ0) is 14.0. The van der Waals surface area contributed by atoms with Crippen LogP contribution < -0.4 is 11.2 Å². The van der Waals surface area contributed by atoms with E-state index in [0.717, 1.165) is 4.57 Å². The van der Waals surface area contributed by atoms with Crippen LogP contribution >= 0.6 is 11.6 Å². The van der Waals surface area contributed by atoms with Crippen molar-refractivity contribution in [2.75, 3.05) is 0 Å². The van der Waals surface area contributed by atoms with Crippen molar-refractivity contribution >= 4 is 11.6 Å².